The van der Waals surface area contributed by atoms with Crippen molar-refractivity contribution in [2.75, 3.05) is 38.3 Å². The van der Waals surface area contributed by atoms with Crippen LogP contribution in [-0.2, 0) is 11.3 Å². The lowest BCUT2D eigenvalue weighted by Crippen LogP contribution is -2.32. The van der Waals surface area contributed by atoms with E-state index in [1.165, 1.54) is 0 Å². The van der Waals surface area contributed by atoms with Crippen LogP contribution in [-0.4, -0.2) is 44.6 Å². The van der Waals surface area contributed by atoms with E-state index in [0.717, 1.165) is 48.7 Å². The topological polar surface area (TPSA) is 44.7 Å². The first-order chi connectivity index (χ1) is 9.76. The molecule has 0 aromatic heterocycles. The van der Waals surface area contributed by atoms with Crippen molar-refractivity contribution < 1.29 is 9.84 Å². The van der Waals surface area contributed by atoms with Crippen LogP contribution in [0.5, 0.6) is 0 Å². The minimum Gasteiger partial charge on any atom is -0.394 e. The standard InChI is InChI=1S/C15H23ClN2O2/c1-20-8-6-17-10-12-4-5-13(9-15(12)16)18-7-2-3-14(18)11-19/h4-5,9,14,17,19H,2-3,6-8,10-11H2,1H3. The molecule has 0 saturated carbocycles. The van der Waals surface area contributed by atoms with Gasteiger partial charge in [0.1, 0.15) is 0 Å². The molecule has 1 aromatic carbocycles. The third-order valence-electron chi connectivity index (χ3n) is 3.75. The summed E-state index contributed by atoms with van der Waals surface area (Å²) in [5, 5.41) is 13.5. The van der Waals surface area contributed by atoms with Crippen LogP contribution in [0.15, 0.2) is 18.2 Å². The maximum Gasteiger partial charge on any atom is 0.0635 e. The molecule has 1 heterocycles. The summed E-state index contributed by atoms with van der Waals surface area (Å²) in [6.45, 7) is 3.45. The smallest absolute Gasteiger partial charge is 0.0635 e. The van der Waals surface area contributed by atoms with Crippen molar-refractivity contribution in [3.05, 3.63) is 28.8 Å². The summed E-state index contributed by atoms with van der Waals surface area (Å²) in [7, 11) is 1.69. The highest BCUT2D eigenvalue weighted by Crippen LogP contribution is 2.29. The summed E-state index contributed by atoms with van der Waals surface area (Å²) in [4.78, 5) is 2.24. The van der Waals surface area contributed by atoms with Crippen LogP contribution in [0.1, 0.15) is 18.4 Å². The van der Waals surface area contributed by atoms with E-state index >= 15 is 0 Å². The van der Waals surface area contributed by atoms with Crippen molar-refractivity contribution in [1.29, 1.82) is 0 Å². The Morgan fingerprint density at radius 2 is 2.35 bits per heavy atom. The van der Waals surface area contributed by atoms with Crippen molar-refractivity contribution in [3.8, 4) is 0 Å². The van der Waals surface area contributed by atoms with Gasteiger partial charge in [-0.1, -0.05) is 17.7 Å². The molecule has 4 nitrogen and oxygen atoms in total. The predicted molar refractivity (Wildman–Crippen MR) is 82.5 cm³/mol. The van der Waals surface area contributed by atoms with E-state index in [2.05, 4.69) is 22.3 Å². The van der Waals surface area contributed by atoms with E-state index in [9.17, 15) is 5.11 Å². The highest BCUT2D eigenvalue weighted by molar-refractivity contribution is 6.31. The Kier molecular flexibility index (Phi) is 6.10. The lowest BCUT2D eigenvalue weighted by atomic mass is 10.1. The maximum atomic E-state index is 9.39. The average Bonchev–Trinajstić information content (AvgIpc) is 2.93. The van der Waals surface area contributed by atoms with Crippen molar-refractivity contribution in [2.24, 2.45) is 0 Å². The number of halogens is 1. The van der Waals surface area contributed by atoms with Crippen LogP contribution < -0.4 is 10.2 Å². The third kappa shape index (κ3) is 3.85. The van der Waals surface area contributed by atoms with Gasteiger partial charge >= 0.3 is 0 Å². The molecular formula is C15H23ClN2O2. The molecule has 1 aliphatic heterocycles. The molecule has 0 spiro atoms. The van der Waals surface area contributed by atoms with Crippen LogP contribution in [0, 0.1) is 0 Å². The molecular weight excluding hydrogens is 276 g/mol. The van der Waals surface area contributed by atoms with Crippen molar-refractivity contribution in [2.45, 2.75) is 25.4 Å². The van der Waals surface area contributed by atoms with Crippen LogP contribution >= 0.6 is 11.6 Å². The fourth-order valence-corrected chi connectivity index (χ4v) is 2.86. The average molecular weight is 299 g/mol. The Balaban J connectivity index is 1.98. The number of nitrogens with zero attached hydrogens (tertiary/aromatic N) is 1. The van der Waals surface area contributed by atoms with E-state index in [0.29, 0.717) is 6.61 Å². The van der Waals surface area contributed by atoms with E-state index in [-0.39, 0.29) is 12.6 Å². The first-order valence-corrected chi connectivity index (χ1v) is 7.49. The quantitative estimate of drug-likeness (QED) is 0.756. The van der Waals surface area contributed by atoms with E-state index in [4.69, 9.17) is 16.3 Å². The number of nitrogens with one attached hydrogen (secondary N) is 1. The monoisotopic (exact) mass is 298 g/mol. The Morgan fingerprint density at radius 3 is 3.05 bits per heavy atom. The van der Waals surface area contributed by atoms with Gasteiger partial charge in [-0.05, 0) is 30.5 Å². The molecule has 5 heteroatoms. The molecule has 2 rings (SSSR count). The van der Waals surface area contributed by atoms with Crippen LogP contribution in [0.25, 0.3) is 0 Å². The molecule has 1 atom stereocenters. The molecule has 1 saturated heterocycles. The van der Waals surface area contributed by atoms with Gasteiger partial charge in [0.25, 0.3) is 0 Å². The molecule has 0 radical (unpaired) electrons. The maximum absolute atomic E-state index is 9.39. The second-order valence-corrected chi connectivity index (χ2v) is 5.52. The van der Waals surface area contributed by atoms with Gasteiger partial charge in [0, 0.05) is 37.5 Å². The minimum atomic E-state index is 0.206. The molecule has 1 aliphatic rings. The number of methoxy groups -OCH3 is 1. The number of hydrogen-bond donors (Lipinski definition) is 2. The van der Waals surface area contributed by atoms with E-state index in [1.54, 1.807) is 7.11 Å². The molecule has 0 aliphatic carbocycles. The number of aliphatic hydroxyl groups excluding tert-OH is 1. The summed E-state index contributed by atoms with van der Waals surface area (Å²) >= 11 is 6.35. The zero-order chi connectivity index (χ0) is 14.4. The summed E-state index contributed by atoms with van der Waals surface area (Å²) in [5.74, 6) is 0. The van der Waals surface area contributed by atoms with Gasteiger partial charge in [-0.15, -0.1) is 0 Å². The second-order valence-electron chi connectivity index (χ2n) is 5.12. The first kappa shape index (κ1) is 15.6. The second kappa shape index (κ2) is 7.84. The van der Waals surface area contributed by atoms with Gasteiger partial charge in [0.15, 0.2) is 0 Å². The Hall–Kier alpha value is -0.810. The van der Waals surface area contributed by atoms with Gasteiger partial charge < -0.3 is 20.1 Å². The molecule has 112 valence electrons. The summed E-state index contributed by atoms with van der Waals surface area (Å²) in [5.41, 5.74) is 2.19. The van der Waals surface area contributed by atoms with Crippen molar-refractivity contribution in [3.63, 3.8) is 0 Å². The van der Waals surface area contributed by atoms with Gasteiger partial charge in [0.05, 0.1) is 19.3 Å². The SMILES string of the molecule is COCCNCc1ccc(N2CCCC2CO)cc1Cl. The van der Waals surface area contributed by atoms with Crippen molar-refractivity contribution in [1.82, 2.24) is 5.32 Å². The minimum absolute atomic E-state index is 0.206. The normalized spacial score (nSPS) is 18.8. The van der Waals surface area contributed by atoms with Crippen LogP contribution in [0.4, 0.5) is 5.69 Å². The number of rotatable bonds is 7. The highest BCUT2D eigenvalue weighted by Gasteiger charge is 2.24. The predicted octanol–water partition coefficient (Wildman–Crippen LogP) is 2.04. The Morgan fingerprint density at radius 1 is 1.50 bits per heavy atom. The summed E-state index contributed by atoms with van der Waals surface area (Å²) in [6.07, 6.45) is 2.18. The van der Waals surface area contributed by atoms with Crippen LogP contribution in [0.2, 0.25) is 5.02 Å². The molecule has 0 bridgehead atoms. The molecule has 2 N–H and O–H groups in total. The Labute approximate surface area is 125 Å². The molecule has 0 amide bonds. The lowest BCUT2D eigenvalue weighted by Gasteiger charge is -2.25. The largest absolute Gasteiger partial charge is 0.394 e. The highest BCUT2D eigenvalue weighted by atomic mass is 35.5. The van der Waals surface area contributed by atoms with Gasteiger partial charge in [-0.2, -0.15) is 0 Å². The number of hydrogen-bond acceptors (Lipinski definition) is 4. The third-order valence-corrected chi connectivity index (χ3v) is 4.11. The molecule has 1 unspecified atom stereocenters. The van der Waals surface area contributed by atoms with Crippen LogP contribution in [0.3, 0.4) is 0 Å². The number of ether oxygens (including phenoxy) is 1. The van der Waals surface area contributed by atoms with Gasteiger partial charge in [0.2, 0.25) is 0 Å². The van der Waals surface area contributed by atoms with E-state index in [1.807, 2.05) is 6.07 Å². The fraction of sp³-hybridized carbons (Fsp3) is 0.600. The lowest BCUT2D eigenvalue weighted by molar-refractivity contribution is 0.199. The molecule has 1 aromatic rings. The molecule has 20 heavy (non-hydrogen) atoms. The Bertz CT molecular complexity index is 428. The van der Waals surface area contributed by atoms with E-state index < -0.39 is 0 Å². The number of aliphatic hydroxyl groups is 1. The number of benzene rings is 1. The first-order valence-electron chi connectivity index (χ1n) is 7.12. The summed E-state index contributed by atoms with van der Waals surface area (Å²) < 4.78 is 4.99. The van der Waals surface area contributed by atoms with Crippen molar-refractivity contribution >= 4 is 17.3 Å². The molecule has 1 fully saturated rings. The number of anilines is 1. The van der Waals surface area contributed by atoms with Gasteiger partial charge in [-0.3, -0.25) is 0 Å². The zero-order valence-corrected chi connectivity index (χ0v) is 12.7. The fourth-order valence-electron chi connectivity index (χ4n) is 2.62. The summed E-state index contributed by atoms with van der Waals surface area (Å²) in [6, 6.07) is 6.39. The van der Waals surface area contributed by atoms with Gasteiger partial charge in [-0.25, -0.2) is 0 Å². The zero-order valence-electron chi connectivity index (χ0n) is 11.9.